The summed E-state index contributed by atoms with van der Waals surface area (Å²) in [6, 6.07) is 6.02. The molecular weight excluding hydrogens is 238 g/mol. The molecule has 2 N–H and O–H groups in total. The Hall–Kier alpha value is -1.50. The number of hydrogen-bond donors (Lipinski definition) is 1. The van der Waals surface area contributed by atoms with E-state index < -0.39 is 0 Å². The summed E-state index contributed by atoms with van der Waals surface area (Å²) in [5.41, 5.74) is 7.48. The maximum Gasteiger partial charge on any atom is 0.135 e. The average Bonchev–Trinajstić information content (AvgIpc) is 2.81. The molecule has 0 saturated carbocycles. The third-order valence-corrected chi connectivity index (χ3v) is 3.20. The molecule has 0 amide bonds. The first-order valence-electron chi connectivity index (χ1n) is 6.77. The SMILES string of the molecule is Cc1ccc(OCC2CCC(C)O2)c(C#CCN)c1. The van der Waals surface area contributed by atoms with Crippen LogP contribution in [0.4, 0.5) is 0 Å². The van der Waals surface area contributed by atoms with Gasteiger partial charge in [-0.2, -0.15) is 0 Å². The van der Waals surface area contributed by atoms with Crippen molar-refractivity contribution in [1.29, 1.82) is 0 Å². The lowest BCUT2D eigenvalue weighted by molar-refractivity contribution is 0.0264. The number of nitrogens with two attached hydrogens (primary N) is 1. The summed E-state index contributed by atoms with van der Waals surface area (Å²) in [7, 11) is 0. The fraction of sp³-hybridized carbons (Fsp3) is 0.500. The Kier molecular flexibility index (Phi) is 4.84. The molecular formula is C16H21NO2. The average molecular weight is 259 g/mol. The van der Waals surface area contributed by atoms with Gasteiger partial charge in [-0.25, -0.2) is 0 Å². The summed E-state index contributed by atoms with van der Waals surface area (Å²) in [4.78, 5) is 0. The van der Waals surface area contributed by atoms with Crippen LogP contribution in [0, 0.1) is 18.8 Å². The van der Waals surface area contributed by atoms with Crippen LogP contribution in [-0.2, 0) is 4.74 Å². The molecule has 102 valence electrons. The summed E-state index contributed by atoms with van der Waals surface area (Å²) in [5, 5.41) is 0. The maximum absolute atomic E-state index is 5.85. The van der Waals surface area contributed by atoms with Gasteiger partial charge in [0.2, 0.25) is 0 Å². The minimum Gasteiger partial charge on any atom is -0.490 e. The molecule has 1 aliphatic rings. The molecule has 2 atom stereocenters. The predicted molar refractivity (Wildman–Crippen MR) is 76.2 cm³/mol. The molecule has 3 heteroatoms. The van der Waals surface area contributed by atoms with Crippen molar-refractivity contribution >= 4 is 0 Å². The number of rotatable bonds is 3. The first kappa shape index (κ1) is 13.9. The van der Waals surface area contributed by atoms with Crippen LogP contribution in [0.1, 0.15) is 30.9 Å². The van der Waals surface area contributed by atoms with Crippen LogP contribution >= 0.6 is 0 Å². The van der Waals surface area contributed by atoms with Gasteiger partial charge in [-0.05, 0) is 44.4 Å². The zero-order valence-electron chi connectivity index (χ0n) is 11.6. The molecule has 1 saturated heterocycles. The fourth-order valence-electron chi connectivity index (χ4n) is 2.20. The molecule has 0 bridgehead atoms. The van der Waals surface area contributed by atoms with Crippen molar-refractivity contribution in [2.24, 2.45) is 5.73 Å². The second-order valence-corrected chi connectivity index (χ2v) is 4.96. The van der Waals surface area contributed by atoms with E-state index in [1.54, 1.807) is 0 Å². The van der Waals surface area contributed by atoms with Crippen LogP contribution in [0.2, 0.25) is 0 Å². The zero-order chi connectivity index (χ0) is 13.7. The van der Waals surface area contributed by atoms with E-state index >= 15 is 0 Å². The first-order valence-corrected chi connectivity index (χ1v) is 6.77. The van der Waals surface area contributed by atoms with Crippen LogP contribution in [0.25, 0.3) is 0 Å². The van der Waals surface area contributed by atoms with E-state index in [2.05, 4.69) is 18.8 Å². The molecule has 3 nitrogen and oxygen atoms in total. The van der Waals surface area contributed by atoms with Gasteiger partial charge >= 0.3 is 0 Å². The number of aryl methyl sites for hydroxylation is 1. The Balaban J connectivity index is 2.02. The van der Waals surface area contributed by atoms with Gasteiger partial charge in [-0.15, -0.1) is 0 Å². The van der Waals surface area contributed by atoms with Crippen molar-refractivity contribution in [3.05, 3.63) is 29.3 Å². The summed E-state index contributed by atoms with van der Waals surface area (Å²) >= 11 is 0. The highest BCUT2D eigenvalue weighted by atomic mass is 16.5. The lowest BCUT2D eigenvalue weighted by Crippen LogP contribution is -2.18. The Morgan fingerprint density at radius 2 is 2.26 bits per heavy atom. The van der Waals surface area contributed by atoms with Gasteiger partial charge in [-0.1, -0.05) is 17.9 Å². The van der Waals surface area contributed by atoms with Gasteiger partial charge in [0.25, 0.3) is 0 Å². The maximum atomic E-state index is 5.85. The van der Waals surface area contributed by atoms with Crippen LogP contribution in [-0.4, -0.2) is 25.4 Å². The molecule has 0 aliphatic carbocycles. The highest BCUT2D eigenvalue weighted by molar-refractivity contribution is 5.48. The highest BCUT2D eigenvalue weighted by Gasteiger charge is 2.22. The lowest BCUT2D eigenvalue weighted by atomic mass is 10.1. The molecule has 0 spiro atoms. The normalized spacial score (nSPS) is 21.8. The highest BCUT2D eigenvalue weighted by Crippen LogP contribution is 2.23. The molecule has 1 aliphatic heterocycles. The fourth-order valence-corrected chi connectivity index (χ4v) is 2.20. The molecule has 2 unspecified atom stereocenters. The Morgan fingerprint density at radius 3 is 2.95 bits per heavy atom. The third kappa shape index (κ3) is 3.99. The van der Waals surface area contributed by atoms with Gasteiger partial charge in [0.1, 0.15) is 12.4 Å². The number of hydrogen-bond acceptors (Lipinski definition) is 3. The Morgan fingerprint density at radius 1 is 1.42 bits per heavy atom. The van der Waals surface area contributed by atoms with Crippen molar-refractivity contribution < 1.29 is 9.47 Å². The van der Waals surface area contributed by atoms with E-state index in [-0.39, 0.29) is 6.10 Å². The van der Waals surface area contributed by atoms with Crippen LogP contribution in [0.3, 0.4) is 0 Å². The van der Waals surface area contributed by atoms with Gasteiger partial charge < -0.3 is 15.2 Å². The van der Waals surface area contributed by atoms with E-state index in [9.17, 15) is 0 Å². The quantitative estimate of drug-likeness (QED) is 0.847. The van der Waals surface area contributed by atoms with E-state index in [0.717, 1.165) is 24.2 Å². The molecule has 1 aromatic carbocycles. The number of benzene rings is 1. The molecule has 0 radical (unpaired) electrons. The monoisotopic (exact) mass is 259 g/mol. The van der Waals surface area contributed by atoms with Gasteiger partial charge in [-0.3, -0.25) is 0 Å². The van der Waals surface area contributed by atoms with Crippen molar-refractivity contribution in [2.75, 3.05) is 13.2 Å². The third-order valence-electron chi connectivity index (χ3n) is 3.20. The van der Waals surface area contributed by atoms with E-state index in [1.807, 2.05) is 25.1 Å². The van der Waals surface area contributed by atoms with Crippen molar-refractivity contribution in [2.45, 2.75) is 38.9 Å². The van der Waals surface area contributed by atoms with Crippen LogP contribution < -0.4 is 10.5 Å². The standard InChI is InChI=1S/C16H21NO2/c1-12-5-8-16(14(10-12)4-3-9-17)18-11-15-7-6-13(2)19-15/h5,8,10,13,15H,6-7,9,11,17H2,1-2H3. The minimum absolute atomic E-state index is 0.201. The summed E-state index contributed by atoms with van der Waals surface area (Å²) in [5.74, 6) is 6.75. The van der Waals surface area contributed by atoms with Gasteiger partial charge in [0, 0.05) is 0 Å². The second kappa shape index (κ2) is 6.60. The molecule has 1 heterocycles. The summed E-state index contributed by atoms with van der Waals surface area (Å²) in [6.07, 6.45) is 2.73. The molecule has 1 aromatic rings. The summed E-state index contributed by atoms with van der Waals surface area (Å²) < 4.78 is 11.6. The van der Waals surface area contributed by atoms with Crippen LogP contribution in [0.5, 0.6) is 5.75 Å². The number of ether oxygens (including phenoxy) is 2. The lowest BCUT2D eigenvalue weighted by Gasteiger charge is -2.14. The first-order chi connectivity index (χ1) is 9.19. The second-order valence-electron chi connectivity index (χ2n) is 4.96. The van der Waals surface area contributed by atoms with Crippen molar-refractivity contribution in [3.63, 3.8) is 0 Å². The zero-order valence-corrected chi connectivity index (χ0v) is 11.6. The van der Waals surface area contributed by atoms with Crippen LogP contribution in [0.15, 0.2) is 18.2 Å². The molecule has 0 aromatic heterocycles. The van der Waals surface area contributed by atoms with Gasteiger partial charge in [0.15, 0.2) is 0 Å². The molecule has 19 heavy (non-hydrogen) atoms. The predicted octanol–water partition coefficient (Wildman–Crippen LogP) is 2.25. The van der Waals surface area contributed by atoms with Gasteiger partial charge in [0.05, 0.1) is 24.3 Å². The summed E-state index contributed by atoms with van der Waals surface area (Å²) in [6.45, 7) is 5.09. The topological polar surface area (TPSA) is 44.5 Å². The Bertz CT molecular complexity index is 487. The van der Waals surface area contributed by atoms with Crippen molar-refractivity contribution in [1.82, 2.24) is 0 Å². The largest absolute Gasteiger partial charge is 0.490 e. The Labute approximate surface area is 115 Å². The van der Waals surface area contributed by atoms with Crippen molar-refractivity contribution in [3.8, 4) is 17.6 Å². The van der Waals surface area contributed by atoms with E-state index in [0.29, 0.717) is 19.3 Å². The minimum atomic E-state index is 0.201. The van der Waals surface area contributed by atoms with E-state index in [1.165, 1.54) is 5.56 Å². The molecule has 2 rings (SSSR count). The smallest absolute Gasteiger partial charge is 0.135 e. The van der Waals surface area contributed by atoms with E-state index in [4.69, 9.17) is 15.2 Å². The molecule has 1 fully saturated rings.